The number of thioether (sulfide) groups is 1. The molecule has 268 valence electrons. The third-order valence-corrected chi connectivity index (χ3v) is 15.7. The van der Waals surface area contributed by atoms with Crippen molar-refractivity contribution < 1.29 is 0 Å². The molecule has 2 aromatic heterocycles. The van der Waals surface area contributed by atoms with Crippen LogP contribution in [0.2, 0.25) is 0 Å². The van der Waals surface area contributed by atoms with E-state index in [0.717, 1.165) is 0 Å². The van der Waals surface area contributed by atoms with E-state index in [1.54, 1.807) is 0 Å². The van der Waals surface area contributed by atoms with Crippen LogP contribution in [0.15, 0.2) is 90.3 Å². The SMILES string of the molecule is Cc1cc(C)c(B(c2ccc(C3C=CC(B(c4c(C)cc(C)cc4C)c4c(C)cc(C)cc4C)(c4cccs4)S3)s2)c2c(C)cc(C)cc2C)c(C)c1. The summed E-state index contributed by atoms with van der Waals surface area (Å²) in [5.41, 5.74) is 22.2. The van der Waals surface area contributed by atoms with Gasteiger partial charge in [0.05, 0.1) is 9.90 Å². The minimum absolute atomic E-state index is 0.163. The lowest BCUT2D eigenvalue weighted by molar-refractivity contribution is 1.14. The zero-order valence-corrected chi connectivity index (χ0v) is 36.1. The van der Waals surface area contributed by atoms with Gasteiger partial charge in [0.25, 0.3) is 6.71 Å². The van der Waals surface area contributed by atoms with Crippen molar-refractivity contribution in [1.82, 2.24) is 0 Å². The van der Waals surface area contributed by atoms with E-state index in [0.29, 0.717) is 0 Å². The molecule has 0 spiro atoms. The molecule has 0 aliphatic carbocycles. The van der Waals surface area contributed by atoms with Crippen LogP contribution in [0.1, 0.15) is 81.8 Å². The van der Waals surface area contributed by atoms with Crippen molar-refractivity contribution >= 4 is 74.5 Å². The monoisotopic (exact) mass is 746 g/mol. The van der Waals surface area contributed by atoms with E-state index in [9.17, 15) is 0 Å². The van der Waals surface area contributed by atoms with Gasteiger partial charge in [-0.3, -0.25) is 0 Å². The Labute approximate surface area is 332 Å². The molecule has 3 heterocycles. The molecule has 0 nitrogen and oxygen atoms in total. The highest BCUT2D eigenvalue weighted by atomic mass is 32.2. The highest BCUT2D eigenvalue weighted by molar-refractivity contribution is 8.03. The first-order valence-corrected chi connectivity index (χ1v) is 21.6. The average molecular weight is 747 g/mol. The van der Waals surface area contributed by atoms with E-state index in [2.05, 4.69) is 185 Å². The molecule has 5 heteroatoms. The van der Waals surface area contributed by atoms with Gasteiger partial charge in [0.2, 0.25) is 6.71 Å². The summed E-state index contributed by atoms with van der Waals surface area (Å²) < 4.78 is 1.17. The summed E-state index contributed by atoms with van der Waals surface area (Å²) in [5.74, 6) is 0. The molecule has 2 atom stereocenters. The van der Waals surface area contributed by atoms with Crippen molar-refractivity contribution in [2.24, 2.45) is 0 Å². The van der Waals surface area contributed by atoms with Gasteiger partial charge in [0.1, 0.15) is 0 Å². The molecule has 0 N–H and O–H groups in total. The fraction of sp³-hybridized carbons (Fsp3) is 0.292. The van der Waals surface area contributed by atoms with Crippen molar-refractivity contribution in [3.8, 4) is 0 Å². The van der Waals surface area contributed by atoms with Crippen molar-refractivity contribution in [3.05, 3.63) is 167 Å². The summed E-state index contributed by atoms with van der Waals surface area (Å²) in [6, 6.07) is 28.6. The van der Waals surface area contributed by atoms with Crippen LogP contribution >= 0.6 is 34.4 Å². The van der Waals surface area contributed by atoms with E-state index >= 15 is 0 Å². The lowest BCUT2D eigenvalue weighted by Crippen LogP contribution is -2.58. The molecule has 0 amide bonds. The van der Waals surface area contributed by atoms with Crippen LogP contribution in [-0.2, 0) is 4.65 Å². The maximum atomic E-state index is 2.59. The molecule has 6 aromatic rings. The molecular formula is C48H52B2S3. The predicted octanol–water partition coefficient (Wildman–Crippen LogP) is 10.1. The minimum atomic E-state index is -0.258. The quantitative estimate of drug-likeness (QED) is 0.110. The van der Waals surface area contributed by atoms with E-state index < -0.39 is 0 Å². The van der Waals surface area contributed by atoms with Crippen LogP contribution in [0.3, 0.4) is 0 Å². The molecular weight excluding hydrogens is 694 g/mol. The van der Waals surface area contributed by atoms with Gasteiger partial charge in [-0.15, -0.1) is 23.1 Å². The van der Waals surface area contributed by atoms with Crippen molar-refractivity contribution in [2.75, 3.05) is 0 Å². The Morgan fingerprint density at radius 3 is 1.32 bits per heavy atom. The molecule has 1 aliphatic rings. The first kappa shape index (κ1) is 37.8. The van der Waals surface area contributed by atoms with Gasteiger partial charge in [-0.2, -0.15) is 11.3 Å². The first-order valence-electron chi connectivity index (χ1n) is 19.0. The van der Waals surface area contributed by atoms with Gasteiger partial charge in [0.15, 0.2) is 0 Å². The molecule has 2 unspecified atom stereocenters. The van der Waals surface area contributed by atoms with Crippen molar-refractivity contribution in [3.63, 3.8) is 0 Å². The second-order valence-electron chi connectivity index (χ2n) is 16.0. The standard InChI is InChI=1S/C48H52B2S3/c1-28-20-32(5)44(33(6)21-28)49(45-34(7)22-29(2)23-35(45)8)43-16-15-40(52-43)41-17-18-48(53-41,42-14-13-19-51-42)50(46-36(9)24-30(3)25-37(46)10)47-38(11)26-31(4)27-39(47)12/h13-27,41H,1-12H3. The summed E-state index contributed by atoms with van der Waals surface area (Å²) in [7, 11) is 0. The van der Waals surface area contributed by atoms with Crippen LogP contribution in [0, 0.1) is 83.1 Å². The summed E-state index contributed by atoms with van der Waals surface area (Å²) in [6.45, 7) is 27.8. The lowest BCUT2D eigenvalue weighted by Gasteiger charge is -2.37. The zero-order chi connectivity index (χ0) is 37.9. The van der Waals surface area contributed by atoms with Crippen LogP contribution in [0.25, 0.3) is 0 Å². The van der Waals surface area contributed by atoms with Gasteiger partial charge in [-0.1, -0.05) is 161 Å². The number of aryl methyl sites for hydroxylation is 12. The Balaban J connectivity index is 1.39. The van der Waals surface area contributed by atoms with Crippen LogP contribution in [-0.4, -0.2) is 13.4 Å². The van der Waals surface area contributed by atoms with Crippen LogP contribution < -0.4 is 26.6 Å². The molecule has 1 aliphatic heterocycles. The van der Waals surface area contributed by atoms with E-state index in [-0.39, 0.29) is 23.3 Å². The second-order valence-corrected chi connectivity index (χ2v) is 19.5. The number of rotatable bonds is 8. The maximum absolute atomic E-state index is 2.59. The fourth-order valence-corrected chi connectivity index (χ4v) is 13.9. The first-order chi connectivity index (χ1) is 25.2. The van der Waals surface area contributed by atoms with Gasteiger partial charge in [-0.05, 0) is 105 Å². The summed E-state index contributed by atoms with van der Waals surface area (Å²) in [5, 5.41) is 2.52. The Hall–Kier alpha value is -3.50. The second kappa shape index (κ2) is 14.6. The minimum Gasteiger partial charge on any atom is -0.153 e. The molecule has 4 aromatic carbocycles. The highest BCUT2D eigenvalue weighted by Crippen LogP contribution is 2.55. The third-order valence-electron chi connectivity index (χ3n) is 11.5. The summed E-state index contributed by atoms with van der Waals surface area (Å²) in [4.78, 5) is 2.86. The summed E-state index contributed by atoms with van der Waals surface area (Å²) >= 11 is 6.08. The third kappa shape index (κ3) is 6.88. The lowest BCUT2D eigenvalue weighted by atomic mass is 9.30. The van der Waals surface area contributed by atoms with E-state index in [1.807, 2.05) is 22.7 Å². The Bertz CT molecular complexity index is 2170. The predicted molar refractivity (Wildman–Crippen MR) is 242 cm³/mol. The topological polar surface area (TPSA) is 0 Å². The fourth-order valence-electron chi connectivity index (χ4n) is 9.88. The average Bonchev–Trinajstić information content (AvgIpc) is 3.83. The van der Waals surface area contributed by atoms with Crippen LogP contribution in [0.4, 0.5) is 0 Å². The largest absolute Gasteiger partial charge is 0.255 e. The van der Waals surface area contributed by atoms with Gasteiger partial charge in [0, 0.05) is 9.75 Å². The molecule has 0 bridgehead atoms. The number of thiophene rings is 2. The molecule has 0 radical (unpaired) electrons. The molecule has 53 heavy (non-hydrogen) atoms. The van der Waals surface area contributed by atoms with Crippen molar-refractivity contribution in [1.29, 1.82) is 0 Å². The van der Waals surface area contributed by atoms with Crippen LogP contribution in [0.5, 0.6) is 0 Å². The molecule has 0 saturated heterocycles. The maximum Gasteiger partial charge on any atom is 0.255 e. The normalized spacial score (nSPS) is 16.8. The highest BCUT2D eigenvalue weighted by Gasteiger charge is 2.51. The molecule has 7 rings (SSSR count). The Kier molecular flexibility index (Phi) is 10.4. The number of benzene rings is 4. The van der Waals surface area contributed by atoms with Gasteiger partial charge in [-0.25, -0.2) is 0 Å². The van der Waals surface area contributed by atoms with E-state index in [1.165, 1.54) is 103 Å². The molecule has 0 fully saturated rings. The Morgan fingerprint density at radius 1 is 0.509 bits per heavy atom. The van der Waals surface area contributed by atoms with Gasteiger partial charge < -0.3 is 0 Å². The number of hydrogen-bond donors (Lipinski definition) is 0. The molecule has 0 saturated carbocycles. The zero-order valence-electron chi connectivity index (χ0n) is 33.6. The van der Waals surface area contributed by atoms with Crippen molar-refractivity contribution in [2.45, 2.75) is 93.0 Å². The summed E-state index contributed by atoms with van der Waals surface area (Å²) in [6.07, 6.45) is 5.13. The Morgan fingerprint density at radius 2 is 0.925 bits per heavy atom. The number of hydrogen-bond acceptors (Lipinski definition) is 3. The van der Waals surface area contributed by atoms with Gasteiger partial charge >= 0.3 is 0 Å². The van der Waals surface area contributed by atoms with E-state index in [4.69, 9.17) is 0 Å². The smallest absolute Gasteiger partial charge is 0.153 e.